The fourth-order valence-corrected chi connectivity index (χ4v) is 1.50. The van der Waals surface area contributed by atoms with E-state index in [0.717, 1.165) is 6.54 Å². The standard InChI is InChI=1S/C11H18N6O/c1-11(2,3)5-14-10-16-8(12)7-9(17-10)13-4-6(18)15-7/h4-5H2,1-3H3,(H,15,18)(H4,12,13,14,16,17). The number of carbonyl (C=O) groups is 1. The Bertz CT molecular complexity index is 479. The van der Waals surface area contributed by atoms with Gasteiger partial charge in [-0.1, -0.05) is 20.8 Å². The van der Waals surface area contributed by atoms with Crippen molar-refractivity contribution in [3.63, 3.8) is 0 Å². The molecule has 2 heterocycles. The maximum atomic E-state index is 11.2. The Morgan fingerprint density at radius 2 is 2.11 bits per heavy atom. The minimum atomic E-state index is -0.145. The van der Waals surface area contributed by atoms with E-state index in [1.54, 1.807) is 0 Å². The molecule has 98 valence electrons. The topological polar surface area (TPSA) is 105 Å². The summed E-state index contributed by atoms with van der Waals surface area (Å²) in [4.78, 5) is 19.6. The lowest BCUT2D eigenvalue weighted by molar-refractivity contribution is -0.114. The van der Waals surface area contributed by atoms with E-state index in [4.69, 9.17) is 5.73 Å². The first-order chi connectivity index (χ1) is 8.35. The highest BCUT2D eigenvalue weighted by atomic mass is 16.2. The molecule has 1 aliphatic heterocycles. The molecule has 0 bridgehead atoms. The molecular weight excluding hydrogens is 232 g/mol. The van der Waals surface area contributed by atoms with Gasteiger partial charge in [0.15, 0.2) is 11.6 Å². The Labute approximate surface area is 106 Å². The summed E-state index contributed by atoms with van der Waals surface area (Å²) in [5, 5.41) is 8.69. The Hall–Kier alpha value is -2.05. The van der Waals surface area contributed by atoms with E-state index in [9.17, 15) is 4.79 Å². The molecule has 7 heteroatoms. The number of nitrogens with zero attached hydrogens (tertiary/aromatic N) is 2. The summed E-state index contributed by atoms with van der Waals surface area (Å²) in [5.74, 6) is 1.13. The first-order valence-electron chi connectivity index (χ1n) is 5.80. The summed E-state index contributed by atoms with van der Waals surface area (Å²) >= 11 is 0. The quantitative estimate of drug-likeness (QED) is 0.621. The van der Waals surface area contributed by atoms with Crippen LogP contribution in [0.2, 0.25) is 0 Å². The number of rotatable bonds is 2. The second kappa shape index (κ2) is 4.32. The van der Waals surface area contributed by atoms with Gasteiger partial charge in [-0.15, -0.1) is 0 Å². The van der Waals surface area contributed by atoms with Gasteiger partial charge in [0.2, 0.25) is 11.9 Å². The highest BCUT2D eigenvalue weighted by Gasteiger charge is 2.20. The van der Waals surface area contributed by atoms with Crippen LogP contribution in [-0.2, 0) is 4.79 Å². The molecule has 0 saturated heterocycles. The van der Waals surface area contributed by atoms with Gasteiger partial charge in [0.1, 0.15) is 5.69 Å². The Kier molecular flexibility index (Phi) is 2.98. The number of aromatic nitrogens is 2. The zero-order valence-electron chi connectivity index (χ0n) is 10.8. The SMILES string of the molecule is CC(C)(C)CNc1nc(N)c2c(n1)NCC(=O)N2. The van der Waals surface area contributed by atoms with Crippen LogP contribution in [-0.4, -0.2) is 29.0 Å². The monoisotopic (exact) mass is 250 g/mol. The molecule has 0 radical (unpaired) electrons. The average Bonchev–Trinajstić information content (AvgIpc) is 2.26. The summed E-state index contributed by atoms with van der Waals surface area (Å²) in [6.45, 7) is 7.26. The van der Waals surface area contributed by atoms with E-state index >= 15 is 0 Å². The number of nitrogens with two attached hydrogens (primary N) is 1. The van der Waals surface area contributed by atoms with Crippen molar-refractivity contribution in [2.24, 2.45) is 5.41 Å². The summed E-state index contributed by atoms with van der Waals surface area (Å²) in [6, 6.07) is 0. The number of nitrogen functional groups attached to an aromatic ring is 1. The van der Waals surface area contributed by atoms with Crippen LogP contribution in [0.15, 0.2) is 0 Å². The third-order valence-electron chi connectivity index (χ3n) is 2.39. The predicted octanol–water partition coefficient (Wildman–Crippen LogP) is 0.881. The van der Waals surface area contributed by atoms with Gasteiger partial charge in [-0.3, -0.25) is 4.79 Å². The van der Waals surface area contributed by atoms with Crippen molar-refractivity contribution in [3.05, 3.63) is 0 Å². The zero-order chi connectivity index (χ0) is 13.3. The molecular formula is C11H18N6O. The summed E-state index contributed by atoms with van der Waals surface area (Å²) in [6.07, 6.45) is 0. The van der Waals surface area contributed by atoms with Crippen molar-refractivity contribution in [1.29, 1.82) is 0 Å². The fourth-order valence-electron chi connectivity index (χ4n) is 1.50. The normalized spacial score (nSPS) is 14.5. The molecule has 1 aliphatic rings. The van der Waals surface area contributed by atoms with Crippen LogP contribution >= 0.6 is 0 Å². The minimum Gasteiger partial charge on any atom is -0.382 e. The molecule has 0 spiro atoms. The molecule has 1 aromatic rings. The van der Waals surface area contributed by atoms with Gasteiger partial charge in [-0.2, -0.15) is 9.97 Å². The van der Waals surface area contributed by atoms with E-state index in [0.29, 0.717) is 17.5 Å². The molecule has 1 amide bonds. The second-order valence-corrected chi connectivity index (χ2v) is 5.47. The Morgan fingerprint density at radius 3 is 2.78 bits per heavy atom. The maximum Gasteiger partial charge on any atom is 0.243 e. The van der Waals surface area contributed by atoms with Gasteiger partial charge in [0.05, 0.1) is 6.54 Å². The van der Waals surface area contributed by atoms with E-state index in [1.165, 1.54) is 0 Å². The van der Waals surface area contributed by atoms with Crippen molar-refractivity contribution in [2.75, 3.05) is 34.8 Å². The number of hydrogen-bond acceptors (Lipinski definition) is 6. The van der Waals surface area contributed by atoms with Crippen LogP contribution in [0.5, 0.6) is 0 Å². The van der Waals surface area contributed by atoms with E-state index in [-0.39, 0.29) is 23.7 Å². The summed E-state index contributed by atoms with van der Waals surface area (Å²) in [7, 11) is 0. The number of amides is 1. The first kappa shape index (κ1) is 12.4. The smallest absolute Gasteiger partial charge is 0.243 e. The van der Waals surface area contributed by atoms with Crippen molar-refractivity contribution in [3.8, 4) is 0 Å². The molecule has 2 rings (SSSR count). The van der Waals surface area contributed by atoms with Crippen LogP contribution in [0.25, 0.3) is 0 Å². The van der Waals surface area contributed by atoms with Gasteiger partial charge in [-0.25, -0.2) is 0 Å². The molecule has 5 N–H and O–H groups in total. The number of carbonyl (C=O) groups excluding carboxylic acids is 1. The van der Waals surface area contributed by atoms with Crippen molar-refractivity contribution in [2.45, 2.75) is 20.8 Å². The van der Waals surface area contributed by atoms with Crippen LogP contribution in [0, 0.1) is 5.41 Å². The zero-order valence-corrected chi connectivity index (χ0v) is 10.8. The van der Waals surface area contributed by atoms with Gasteiger partial charge < -0.3 is 21.7 Å². The van der Waals surface area contributed by atoms with Gasteiger partial charge in [-0.05, 0) is 5.41 Å². The molecule has 0 atom stereocenters. The first-order valence-corrected chi connectivity index (χ1v) is 5.80. The van der Waals surface area contributed by atoms with Gasteiger partial charge in [0.25, 0.3) is 0 Å². The highest BCUT2D eigenvalue weighted by Crippen LogP contribution is 2.29. The minimum absolute atomic E-state index is 0.121. The number of fused-ring (bicyclic) bond motifs is 1. The van der Waals surface area contributed by atoms with Gasteiger partial charge in [0, 0.05) is 6.54 Å². The molecule has 0 aromatic carbocycles. The molecule has 18 heavy (non-hydrogen) atoms. The lowest BCUT2D eigenvalue weighted by atomic mass is 9.97. The third-order valence-corrected chi connectivity index (χ3v) is 2.39. The molecule has 0 fully saturated rings. The molecule has 0 saturated carbocycles. The van der Waals surface area contributed by atoms with E-state index in [1.807, 2.05) is 0 Å². The van der Waals surface area contributed by atoms with Crippen LogP contribution in [0.1, 0.15) is 20.8 Å². The van der Waals surface area contributed by atoms with E-state index < -0.39 is 0 Å². The van der Waals surface area contributed by atoms with Crippen LogP contribution in [0.3, 0.4) is 0 Å². The molecule has 1 aromatic heterocycles. The second-order valence-electron chi connectivity index (χ2n) is 5.47. The molecule has 0 aliphatic carbocycles. The Morgan fingerprint density at radius 1 is 1.39 bits per heavy atom. The summed E-state index contributed by atoms with van der Waals surface area (Å²) in [5.41, 5.74) is 6.37. The lowest BCUT2D eigenvalue weighted by Gasteiger charge is -2.22. The average molecular weight is 250 g/mol. The van der Waals surface area contributed by atoms with Crippen LogP contribution in [0.4, 0.5) is 23.3 Å². The number of nitrogens with one attached hydrogen (secondary N) is 3. The van der Waals surface area contributed by atoms with E-state index in [2.05, 4.69) is 46.7 Å². The lowest BCUT2D eigenvalue weighted by Crippen LogP contribution is -2.30. The van der Waals surface area contributed by atoms with Gasteiger partial charge >= 0.3 is 0 Å². The van der Waals surface area contributed by atoms with Crippen LogP contribution < -0.4 is 21.7 Å². The Balaban J connectivity index is 2.20. The third kappa shape index (κ3) is 2.79. The fraction of sp³-hybridized carbons (Fsp3) is 0.545. The summed E-state index contributed by atoms with van der Waals surface area (Å²) < 4.78 is 0. The van der Waals surface area contributed by atoms with Crippen molar-refractivity contribution >= 4 is 29.2 Å². The highest BCUT2D eigenvalue weighted by molar-refractivity contribution is 6.02. The number of hydrogen-bond donors (Lipinski definition) is 4. The largest absolute Gasteiger partial charge is 0.382 e. The van der Waals surface area contributed by atoms with Crippen molar-refractivity contribution in [1.82, 2.24) is 9.97 Å². The molecule has 7 nitrogen and oxygen atoms in total. The predicted molar refractivity (Wildman–Crippen MR) is 71.5 cm³/mol. The number of anilines is 4. The maximum absolute atomic E-state index is 11.2. The van der Waals surface area contributed by atoms with Crippen molar-refractivity contribution < 1.29 is 4.79 Å². The molecule has 0 unspecified atom stereocenters.